The number of unbranched alkanes of at least 4 members (excludes halogenated alkanes) is 1. The van der Waals surface area contributed by atoms with Gasteiger partial charge < -0.3 is 11.1 Å². The number of nitrogens with two attached hydrogens (primary N) is 1. The first kappa shape index (κ1) is 7.94. The molecule has 0 rings (SSSR count). The molecule has 0 aliphatic carbocycles. The smallest absolute Gasteiger partial charge is 0.198 e. The molecule has 4 heteroatoms. The number of carbonyl (C=O) groups excluding carboxylic acids is 1. The molecule has 4 nitrogen and oxygen atoms in total. The van der Waals surface area contributed by atoms with Gasteiger partial charge in [-0.05, 0) is 6.42 Å². The molecule has 0 amide bonds. The SMILES string of the molecule is N=C(N)NCCC[C]=O. The van der Waals surface area contributed by atoms with Gasteiger partial charge in [0, 0.05) is 13.0 Å². The molecule has 0 aromatic heterocycles. The van der Waals surface area contributed by atoms with Crippen LogP contribution in [0.15, 0.2) is 0 Å². The van der Waals surface area contributed by atoms with E-state index in [0.29, 0.717) is 19.4 Å². The Morgan fingerprint density at radius 1 is 1.78 bits per heavy atom. The van der Waals surface area contributed by atoms with Gasteiger partial charge in [-0.25, -0.2) is 0 Å². The fourth-order valence-electron chi connectivity index (χ4n) is 0.384. The Bertz CT molecular complexity index is 102. The molecule has 0 saturated heterocycles. The Labute approximate surface area is 53.9 Å². The van der Waals surface area contributed by atoms with Crippen molar-refractivity contribution in [1.82, 2.24) is 5.32 Å². The number of rotatable bonds is 4. The van der Waals surface area contributed by atoms with E-state index < -0.39 is 0 Å². The zero-order chi connectivity index (χ0) is 7.11. The van der Waals surface area contributed by atoms with Crippen LogP contribution >= 0.6 is 0 Å². The van der Waals surface area contributed by atoms with Crippen molar-refractivity contribution in [3.05, 3.63) is 0 Å². The van der Waals surface area contributed by atoms with Crippen molar-refractivity contribution in [3.8, 4) is 0 Å². The van der Waals surface area contributed by atoms with E-state index in [0.717, 1.165) is 0 Å². The molecule has 0 aromatic rings. The molecule has 0 bridgehead atoms. The normalized spacial score (nSPS) is 8.44. The molecule has 51 valence electrons. The van der Waals surface area contributed by atoms with Gasteiger partial charge in [-0.2, -0.15) is 0 Å². The highest BCUT2D eigenvalue weighted by Crippen LogP contribution is 1.78. The first-order valence-corrected chi connectivity index (χ1v) is 2.70. The van der Waals surface area contributed by atoms with Crippen molar-refractivity contribution in [2.75, 3.05) is 6.54 Å². The van der Waals surface area contributed by atoms with Crippen LogP contribution in [0, 0.1) is 5.41 Å². The molecule has 0 saturated carbocycles. The van der Waals surface area contributed by atoms with Gasteiger partial charge in [0.25, 0.3) is 0 Å². The summed E-state index contributed by atoms with van der Waals surface area (Å²) in [5.41, 5.74) is 4.95. The van der Waals surface area contributed by atoms with E-state index in [-0.39, 0.29) is 5.96 Å². The lowest BCUT2D eigenvalue weighted by Gasteiger charge is -1.98. The van der Waals surface area contributed by atoms with Crippen molar-refractivity contribution in [1.29, 1.82) is 5.41 Å². The summed E-state index contributed by atoms with van der Waals surface area (Å²) < 4.78 is 0. The lowest BCUT2D eigenvalue weighted by Crippen LogP contribution is -2.30. The molecule has 1 radical (unpaired) electrons. The molecule has 4 N–H and O–H groups in total. The van der Waals surface area contributed by atoms with E-state index in [4.69, 9.17) is 11.1 Å². The van der Waals surface area contributed by atoms with Crippen molar-refractivity contribution in [2.24, 2.45) is 5.73 Å². The highest BCUT2D eigenvalue weighted by molar-refractivity contribution is 5.74. The summed E-state index contributed by atoms with van der Waals surface area (Å²) in [4.78, 5) is 9.61. The Morgan fingerprint density at radius 3 is 2.89 bits per heavy atom. The van der Waals surface area contributed by atoms with Crippen LogP contribution in [0.2, 0.25) is 0 Å². The highest BCUT2D eigenvalue weighted by atomic mass is 16.1. The number of nitrogens with one attached hydrogen (secondary N) is 2. The minimum absolute atomic E-state index is 0.0547. The summed E-state index contributed by atoms with van der Waals surface area (Å²) in [6.07, 6.45) is 2.83. The first-order chi connectivity index (χ1) is 4.27. The minimum atomic E-state index is -0.0547. The van der Waals surface area contributed by atoms with Crippen LogP contribution in [0.25, 0.3) is 0 Å². The van der Waals surface area contributed by atoms with Crippen LogP contribution in [0.5, 0.6) is 0 Å². The zero-order valence-corrected chi connectivity index (χ0v) is 5.11. The van der Waals surface area contributed by atoms with Crippen LogP contribution < -0.4 is 11.1 Å². The Balaban J connectivity index is 2.91. The van der Waals surface area contributed by atoms with Gasteiger partial charge >= 0.3 is 0 Å². The molecular formula is C5H10N3O. The second-order valence-electron chi connectivity index (χ2n) is 1.59. The predicted octanol–water partition coefficient (Wildman–Crippen LogP) is -0.641. The van der Waals surface area contributed by atoms with Crippen molar-refractivity contribution < 1.29 is 4.79 Å². The summed E-state index contributed by atoms with van der Waals surface area (Å²) in [6, 6.07) is 0. The van der Waals surface area contributed by atoms with E-state index in [1.165, 1.54) is 0 Å². The maximum absolute atomic E-state index is 9.61. The fraction of sp³-hybridized carbons (Fsp3) is 0.600. The molecule has 0 atom stereocenters. The van der Waals surface area contributed by atoms with Gasteiger partial charge in [-0.1, -0.05) is 0 Å². The van der Waals surface area contributed by atoms with Gasteiger partial charge in [-0.15, -0.1) is 0 Å². The lowest BCUT2D eigenvalue weighted by molar-refractivity contribution is 0.548. The average Bonchev–Trinajstić information content (AvgIpc) is 1.80. The Kier molecular flexibility index (Phi) is 4.49. The molecule has 0 unspecified atom stereocenters. The van der Waals surface area contributed by atoms with Gasteiger partial charge in [0.15, 0.2) is 12.2 Å². The summed E-state index contributed by atoms with van der Waals surface area (Å²) in [5.74, 6) is -0.0547. The van der Waals surface area contributed by atoms with Gasteiger partial charge in [-0.3, -0.25) is 10.2 Å². The van der Waals surface area contributed by atoms with E-state index in [1.54, 1.807) is 6.29 Å². The second-order valence-corrected chi connectivity index (χ2v) is 1.59. The number of guanidine groups is 1. The molecule has 0 heterocycles. The highest BCUT2D eigenvalue weighted by Gasteiger charge is 1.86. The van der Waals surface area contributed by atoms with E-state index in [1.807, 2.05) is 0 Å². The third-order valence-corrected chi connectivity index (χ3v) is 0.771. The van der Waals surface area contributed by atoms with Crippen molar-refractivity contribution in [2.45, 2.75) is 12.8 Å². The Hall–Kier alpha value is -1.06. The van der Waals surface area contributed by atoms with E-state index >= 15 is 0 Å². The van der Waals surface area contributed by atoms with E-state index in [2.05, 4.69) is 5.32 Å². The molecule has 0 aliphatic heterocycles. The second kappa shape index (κ2) is 5.08. The lowest BCUT2D eigenvalue weighted by atomic mass is 10.3. The average molecular weight is 128 g/mol. The third kappa shape index (κ3) is 6.94. The van der Waals surface area contributed by atoms with Crippen molar-refractivity contribution >= 4 is 12.2 Å². The summed E-state index contributed by atoms with van der Waals surface area (Å²) in [5, 5.41) is 9.26. The largest absolute Gasteiger partial charge is 0.370 e. The molecule has 9 heavy (non-hydrogen) atoms. The maximum atomic E-state index is 9.61. The van der Waals surface area contributed by atoms with Crippen LogP contribution in [0.3, 0.4) is 0 Å². The van der Waals surface area contributed by atoms with Gasteiger partial charge in [0.05, 0.1) is 0 Å². The van der Waals surface area contributed by atoms with Gasteiger partial charge in [0.1, 0.15) is 0 Å². The molecular weight excluding hydrogens is 118 g/mol. The van der Waals surface area contributed by atoms with Gasteiger partial charge in [0.2, 0.25) is 0 Å². The topological polar surface area (TPSA) is 79.0 Å². The Morgan fingerprint density at radius 2 is 2.44 bits per heavy atom. The quantitative estimate of drug-likeness (QED) is 0.267. The molecule has 0 fully saturated rings. The standard InChI is InChI=1S/C5H10N3O/c6-5(7)8-3-1-2-4-9/h1-3H2,(H4,6,7,8). The van der Waals surface area contributed by atoms with Crippen LogP contribution in [0.1, 0.15) is 12.8 Å². The third-order valence-electron chi connectivity index (χ3n) is 0.771. The maximum Gasteiger partial charge on any atom is 0.198 e. The molecule has 0 aliphatic rings. The van der Waals surface area contributed by atoms with Crippen molar-refractivity contribution in [3.63, 3.8) is 0 Å². The molecule has 0 aromatic carbocycles. The minimum Gasteiger partial charge on any atom is -0.370 e. The van der Waals surface area contributed by atoms with Crippen LogP contribution in [0.4, 0.5) is 0 Å². The fourth-order valence-corrected chi connectivity index (χ4v) is 0.384. The first-order valence-electron chi connectivity index (χ1n) is 2.70. The summed E-state index contributed by atoms with van der Waals surface area (Å²) in [7, 11) is 0. The number of hydrogen-bond acceptors (Lipinski definition) is 2. The van der Waals surface area contributed by atoms with E-state index in [9.17, 15) is 4.79 Å². The monoisotopic (exact) mass is 128 g/mol. The summed E-state index contributed by atoms with van der Waals surface area (Å²) >= 11 is 0. The summed E-state index contributed by atoms with van der Waals surface area (Å²) in [6.45, 7) is 0.574. The number of hydrogen-bond donors (Lipinski definition) is 3. The predicted molar refractivity (Wildman–Crippen MR) is 34.8 cm³/mol. The van der Waals surface area contributed by atoms with Crippen LogP contribution in [-0.4, -0.2) is 18.8 Å². The zero-order valence-electron chi connectivity index (χ0n) is 5.11. The van der Waals surface area contributed by atoms with Crippen LogP contribution in [-0.2, 0) is 4.79 Å². The molecule has 0 spiro atoms.